The fourth-order valence-corrected chi connectivity index (χ4v) is 0.331. The highest BCUT2D eigenvalue weighted by atomic mass is 16.5. The summed E-state index contributed by atoms with van der Waals surface area (Å²) in [5, 5.41) is 0. The van der Waals surface area contributed by atoms with E-state index in [1.807, 2.05) is 19.1 Å². The molecular formula is C6H13NO. The van der Waals surface area contributed by atoms with Crippen molar-refractivity contribution in [3.63, 3.8) is 0 Å². The van der Waals surface area contributed by atoms with Crippen LogP contribution in [0.5, 0.6) is 0 Å². The molecule has 0 rings (SSSR count). The molecule has 0 aliphatic rings. The monoisotopic (exact) mass is 115 g/mol. The Balaban J connectivity index is 2.72. The first-order valence-electron chi connectivity index (χ1n) is 2.80. The number of ether oxygens (including phenoxy) is 1. The van der Waals surface area contributed by atoms with Gasteiger partial charge in [0, 0.05) is 6.54 Å². The van der Waals surface area contributed by atoms with E-state index in [9.17, 15) is 0 Å². The lowest BCUT2D eigenvalue weighted by atomic mass is 10.5. The molecule has 0 aromatic heterocycles. The van der Waals surface area contributed by atoms with Crippen molar-refractivity contribution in [3.8, 4) is 0 Å². The van der Waals surface area contributed by atoms with Gasteiger partial charge in [-0.3, -0.25) is 0 Å². The van der Waals surface area contributed by atoms with Crippen LogP contribution in [0.3, 0.4) is 0 Å². The van der Waals surface area contributed by atoms with Crippen LogP contribution in [0.2, 0.25) is 0 Å². The second kappa shape index (κ2) is 6.66. The fraction of sp³-hybridized carbons (Fsp3) is 0.667. The molecule has 2 N–H and O–H groups in total. The highest BCUT2D eigenvalue weighted by molar-refractivity contribution is 4.75. The summed E-state index contributed by atoms with van der Waals surface area (Å²) in [6, 6.07) is 0. The van der Waals surface area contributed by atoms with Gasteiger partial charge in [0.05, 0.1) is 13.2 Å². The molecule has 0 unspecified atom stereocenters. The summed E-state index contributed by atoms with van der Waals surface area (Å²) in [6.07, 6.45) is 3.91. The minimum atomic E-state index is 0.609. The van der Waals surface area contributed by atoms with Crippen molar-refractivity contribution in [3.05, 3.63) is 12.2 Å². The second-order valence-corrected chi connectivity index (χ2v) is 1.43. The van der Waals surface area contributed by atoms with Gasteiger partial charge in [-0.15, -0.1) is 0 Å². The van der Waals surface area contributed by atoms with E-state index in [4.69, 9.17) is 10.5 Å². The molecule has 0 spiro atoms. The van der Waals surface area contributed by atoms with Crippen LogP contribution in [0.15, 0.2) is 12.2 Å². The molecule has 0 aromatic rings. The quantitative estimate of drug-likeness (QED) is 0.428. The minimum absolute atomic E-state index is 0.609. The Bertz CT molecular complexity index is 61.5. The summed E-state index contributed by atoms with van der Waals surface area (Å²) in [6.45, 7) is 3.92. The number of nitrogens with two attached hydrogens (primary N) is 1. The molecule has 0 radical (unpaired) electrons. The Hall–Kier alpha value is -0.340. The maximum absolute atomic E-state index is 5.16. The number of hydrogen-bond donors (Lipinski definition) is 1. The Morgan fingerprint density at radius 3 is 2.88 bits per heavy atom. The summed E-state index contributed by atoms with van der Waals surface area (Å²) in [4.78, 5) is 0. The Kier molecular flexibility index (Phi) is 6.38. The lowest BCUT2D eigenvalue weighted by molar-refractivity contribution is 0.170. The van der Waals surface area contributed by atoms with Crippen LogP contribution in [-0.4, -0.2) is 19.8 Å². The van der Waals surface area contributed by atoms with Crippen LogP contribution in [0.4, 0.5) is 0 Å². The Morgan fingerprint density at radius 2 is 2.38 bits per heavy atom. The van der Waals surface area contributed by atoms with Crippen LogP contribution in [0.1, 0.15) is 6.92 Å². The van der Waals surface area contributed by atoms with Crippen molar-refractivity contribution in [1.82, 2.24) is 0 Å². The Labute approximate surface area is 50.3 Å². The van der Waals surface area contributed by atoms with Gasteiger partial charge in [0.1, 0.15) is 0 Å². The second-order valence-electron chi connectivity index (χ2n) is 1.43. The zero-order chi connectivity index (χ0) is 6.24. The first kappa shape index (κ1) is 7.66. The number of allylic oxidation sites excluding steroid dienone is 1. The van der Waals surface area contributed by atoms with E-state index in [0.29, 0.717) is 19.8 Å². The molecule has 0 saturated heterocycles. The first-order chi connectivity index (χ1) is 3.91. The lowest BCUT2D eigenvalue weighted by Gasteiger charge is -1.93. The Morgan fingerprint density at radius 1 is 1.62 bits per heavy atom. The molecule has 0 heterocycles. The molecule has 48 valence electrons. The van der Waals surface area contributed by atoms with Gasteiger partial charge in [-0.2, -0.15) is 0 Å². The third kappa shape index (κ3) is 5.66. The SMILES string of the molecule is CC=CCOCCN. The summed E-state index contributed by atoms with van der Waals surface area (Å²) in [5.74, 6) is 0. The average Bonchev–Trinajstić information content (AvgIpc) is 1.81. The van der Waals surface area contributed by atoms with E-state index < -0.39 is 0 Å². The lowest BCUT2D eigenvalue weighted by Crippen LogP contribution is -2.07. The van der Waals surface area contributed by atoms with Crippen molar-refractivity contribution >= 4 is 0 Å². The van der Waals surface area contributed by atoms with Crippen LogP contribution < -0.4 is 5.73 Å². The molecule has 8 heavy (non-hydrogen) atoms. The van der Waals surface area contributed by atoms with E-state index in [1.165, 1.54) is 0 Å². The minimum Gasteiger partial charge on any atom is -0.376 e. The third-order valence-corrected chi connectivity index (χ3v) is 0.712. The topological polar surface area (TPSA) is 35.2 Å². The molecule has 0 amide bonds. The van der Waals surface area contributed by atoms with Crippen LogP contribution in [-0.2, 0) is 4.74 Å². The van der Waals surface area contributed by atoms with Crippen LogP contribution in [0, 0.1) is 0 Å². The fourth-order valence-electron chi connectivity index (χ4n) is 0.331. The molecule has 0 saturated carbocycles. The summed E-state index contributed by atoms with van der Waals surface area (Å²) < 4.78 is 5.01. The van der Waals surface area contributed by atoms with Crippen LogP contribution >= 0.6 is 0 Å². The molecule has 0 aliphatic carbocycles. The van der Waals surface area contributed by atoms with Crippen molar-refractivity contribution in [2.75, 3.05) is 19.8 Å². The van der Waals surface area contributed by atoms with E-state index >= 15 is 0 Å². The van der Waals surface area contributed by atoms with E-state index in [-0.39, 0.29) is 0 Å². The molecule has 0 aliphatic heterocycles. The van der Waals surface area contributed by atoms with Gasteiger partial charge >= 0.3 is 0 Å². The maximum Gasteiger partial charge on any atom is 0.0647 e. The zero-order valence-electron chi connectivity index (χ0n) is 5.26. The molecule has 0 atom stereocenters. The van der Waals surface area contributed by atoms with Gasteiger partial charge in [0.25, 0.3) is 0 Å². The normalized spacial score (nSPS) is 10.8. The third-order valence-electron chi connectivity index (χ3n) is 0.712. The average molecular weight is 115 g/mol. The van der Waals surface area contributed by atoms with Gasteiger partial charge in [-0.25, -0.2) is 0 Å². The van der Waals surface area contributed by atoms with E-state index in [2.05, 4.69) is 0 Å². The molecule has 0 bridgehead atoms. The van der Waals surface area contributed by atoms with Gasteiger partial charge in [0.2, 0.25) is 0 Å². The molecule has 0 aromatic carbocycles. The predicted octanol–water partition coefficient (Wildman–Crippen LogP) is 0.538. The largest absolute Gasteiger partial charge is 0.376 e. The van der Waals surface area contributed by atoms with Gasteiger partial charge in [0.15, 0.2) is 0 Å². The van der Waals surface area contributed by atoms with Gasteiger partial charge in [-0.1, -0.05) is 12.2 Å². The van der Waals surface area contributed by atoms with Crippen molar-refractivity contribution in [2.45, 2.75) is 6.92 Å². The van der Waals surface area contributed by atoms with E-state index in [1.54, 1.807) is 0 Å². The van der Waals surface area contributed by atoms with Gasteiger partial charge < -0.3 is 10.5 Å². The first-order valence-corrected chi connectivity index (χ1v) is 2.80. The standard InChI is InChI=1S/C6H13NO/c1-2-3-5-8-6-4-7/h2-3H,4-7H2,1H3. The van der Waals surface area contributed by atoms with E-state index in [0.717, 1.165) is 0 Å². The van der Waals surface area contributed by atoms with Crippen molar-refractivity contribution < 1.29 is 4.74 Å². The number of rotatable bonds is 4. The van der Waals surface area contributed by atoms with Crippen molar-refractivity contribution in [1.29, 1.82) is 0 Å². The highest BCUT2D eigenvalue weighted by Gasteiger charge is 1.76. The predicted molar refractivity (Wildman–Crippen MR) is 34.7 cm³/mol. The maximum atomic E-state index is 5.16. The zero-order valence-corrected chi connectivity index (χ0v) is 5.26. The molecule has 2 nitrogen and oxygen atoms in total. The summed E-state index contributed by atoms with van der Waals surface area (Å²) in [5.41, 5.74) is 5.16. The molecule has 2 heteroatoms. The van der Waals surface area contributed by atoms with Gasteiger partial charge in [-0.05, 0) is 6.92 Å². The highest BCUT2D eigenvalue weighted by Crippen LogP contribution is 1.73. The summed E-state index contributed by atoms with van der Waals surface area (Å²) >= 11 is 0. The molecule has 0 fully saturated rings. The molecular weight excluding hydrogens is 102 g/mol. The van der Waals surface area contributed by atoms with Crippen molar-refractivity contribution in [2.24, 2.45) is 5.73 Å². The summed E-state index contributed by atoms with van der Waals surface area (Å²) in [7, 11) is 0. The smallest absolute Gasteiger partial charge is 0.0647 e. The van der Waals surface area contributed by atoms with Crippen LogP contribution in [0.25, 0.3) is 0 Å². The number of hydrogen-bond acceptors (Lipinski definition) is 2.